The summed E-state index contributed by atoms with van der Waals surface area (Å²) in [6.07, 6.45) is 0. The van der Waals surface area contributed by atoms with E-state index in [4.69, 9.17) is 0 Å². The molecule has 5 nitrogen and oxygen atoms in total. The van der Waals surface area contributed by atoms with Crippen LogP contribution in [-0.4, -0.2) is 21.0 Å². The van der Waals surface area contributed by atoms with Gasteiger partial charge in [-0.15, -0.1) is 0 Å². The lowest BCUT2D eigenvalue weighted by Gasteiger charge is -2.08. The third-order valence-corrected chi connectivity index (χ3v) is 3.91. The molecule has 5 heteroatoms. The molecule has 3 rings (SSSR count). The topological polar surface area (TPSA) is 78.6 Å². The molecular formula is C18H17N3O2. The standard InChI is InChI=1S/C18H17N3O2/c1-11-10-15(12(2)14-8-9-16(22)21-20-14)19-17(11)18(23)13-6-4-3-5-7-13/h3-10,12,19H,1-2H3,(H,21,22). The van der Waals surface area contributed by atoms with E-state index in [2.05, 4.69) is 15.2 Å². The van der Waals surface area contributed by atoms with Gasteiger partial charge in [0, 0.05) is 23.2 Å². The molecule has 0 spiro atoms. The Morgan fingerprint density at radius 3 is 2.52 bits per heavy atom. The second-order valence-corrected chi connectivity index (χ2v) is 5.55. The van der Waals surface area contributed by atoms with E-state index in [1.165, 1.54) is 6.07 Å². The lowest BCUT2D eigenvalue weighted by Crippen LogP contribution is -2.10. The predicted molar refractivity (Wildman–Crippen MR) is 87.8 cm³/mol. The average molecular weight is 307 g/mol. The zero-order valence-corrected chi connectivity index (χ0v) is 13.0. The molecule has 0 bridgehead atoms. The molecule has 0 fully saturated rings. The highest BCUT2D eigenvalue weighted by Crippen LogP contribution is 2.24. The molecule has 0 amide bonds. The number of aryl methyl sites for hydroxylation is 1. The highest BCUT2D eigenvalue weighted by atomic mass is 16.1. The summed E-state index contributed by atoms with van der Waals surface area (Å²) in [5, 5.41) is 6.49. The molecule has 0 radical (unpaired) electrons. The summed E-state index contributed by atoms with van der Waals surface area (Å²) in [7, 11) is 0. The monoisotopic (exact) mass is 307 g/mol. The number of benzene rings is 1. The maximum absolute atomic E-state index is 12.6. The van der Waals surface area contributed by atoms with Crippen molar-refractivity contribution in [2.24, 2.45) is 0 Å². The van der Waals surface area contributed by atoms with Crippen LogP contribution in [0.15, 0.2) is 53.3 Å². The number of hydrogen-bond donors (Lipinski definition) is 2. The van der Waals surface area contributed by atoms with Crippen molar-refractivity contribution >= 4 is 5.78 Å². The Hall–Kier alpha value is -2.95. The second-order valence-electron chi connectivity index (χ2n) is 5.55. The number of hydrogen-bond acceptors (Lipinski definition) is 3. The maximum atomic E-state index is 12.6. The Balaban J connectivity index is 1.93. The van der Waals surface area contributed by atoms with Gasteiger partial charge in [0.05, 0.1) is 11.4 Å². The number of aromatic amines is 2. The van der Waals surface area contributed by atoms with Gasteiger partial charge in [0.2, 0.25) is 5.78 Å². The summed E-state index contributed by atoms with van der Waals surface area (Å²) in [6.45, 7) is 3.88. The Morgan fingerprint density at radius 1 is 1.13 bits per heavy atom. The SMILES string of the molecule is Cc1cc(C(C)c2ccc(=O)[nH]n2)[nH]c1C(=O)c1ccccc1. The van der Waals surface area contributed by atoms with E-state index in [1.54, 1.807) is 18.2 Å². The molecule has 0 aliphatic heterocycles. The van der Waals surface area contributed by atoms with Crippen LogP contribution in [0.5, 0.6) is 0 Å². The van der Waals surface area contributed by atoms with E-state index in [0.717, 1.165) is 17.0 Å². The fourth-order valence-electron chi connectivity index (χ4n) is 2.54. The fraction of sp³-hybridized carbons (Fsp3) is 0.167. The first-order valence-electron chi connectivity index (χ1n) is 7.41. The normalized spacial score (nSPS) is 12.1. The van der Waals surface area contributed by atoms with Crippen molar-refractivity contribution in [1.29, 1.82) is 0 Å². The largest absolute Gasteiger partial charge is 0.355 e. The molecular weight excluding hydrogens is 290 g/mol. The van der Waals surface area contributed by atoms with Gasteiger partial charge >= 0.3 is 0 Å². The molecule has 2 heterocycles. The summed E-state index contributed by atoms with van der Waals surface area (Å²) in [4.78, 5) is 26.9. The molecule has 1 atom stereocenters. The summed E-state index contributed by atoms with van der Waals surface area (Å²) < 4.78 is 0. The van der Waals surface area contributed by atoms with Crippen LogP contribution in [0.4, 0.5) is 0 Å². The van der Waals surface area contributed by atoms with Crippen LogP contribution in [0.3, 0.4) is 0 Å². The Kier molecular flexibility index (Phi) is 3.93. The first kappa shape index (κ1) is 15.0. The smallest absolute Gasteiger partial charge is 0.264 e. The Labute approximate surface area is 133 Å². The van der Waals surface area contributed by atoms with Crippen LogP contribution >= 0.6 is 0 Å². The highest BCUT2D eigenvalue weighted by Gasteiger charge is 2.18. The minimum atomic E-state index is -0.233. The van der Waals surface area contributed by atoms with Crippen LogP contribution in [0.25, 0.3) is 0 Å². The van der Waals surface area contributed by atoms with Gasteiger partial charge < -0.3 is 4.98 Å². The van der Waals surface area contributed by atoms with Gasteiger partial charge in [-0.1, -0.05) is 37.3 Å². The lowest BCUT2D eigenvalue weighted by atomic mass is 10.0. The van der Waals surface area contributed by atoms with Crippen molar-refractivity contribution in [3.8, 4) is 0 Å². The average Bonchev–Trinajstić information content (AvgIpc) is 2.97. The van der Waals surface area contributed by atoms with E-state index >= 15 is 0 Å². The van der Waals surface area contributed by atoms with Crippen LogP contribution in [0, 0.1) is 6.92 Å². The van der Waals surface area contributed by atoms with Crippen LogP contribution in [0.1, 0.15) is 45.8 Å². The third kappa shape index (κ3) is 2.99. The Bertz CT molecular complexity index is 874. The van der Waals surface area contributed by atoms with Crippen LogP contribution in [0.2, 0.25) is 0 Å². The van der Waals surface area contributed by atoms with E-state index in [-0.39, 0.29) is 17.3 Å². The lowest BCUT2D eigenvalue weighted by molar-refractivity contribution is 0.103. The predicted octanol–water partition coefficient (Wildman–Crippen LogP) is 2.79. The Morgan fingerprint density at radius 2 is 1.87 bits per heavy atom. The molecule has 0 saturated heterocycles. The van der Waals surface area contributed by atoms with E-state index in [1.807, 2.05) is 38.1 Å². The van der Waals surface area contributed by atoms with E-state index < -0.39 is 0 Å². The number of nitrogens with one attached hydrogen (secondary N) is 2. The number of carbonyl (C=O) groups is 1. The zero-order chi connectivity index (χ0) is 16.4. The number of nitrogens with zero attached hydrogens (tertiary/aromatic N) is 1. The molecule has 0 saturated carbocycles. The number of ketones is 1. The first-order chi connectivity index (χ1) is 11.1. The van der Waals surface area contributed by atoms with Crippen molar-refractivity contribution in [1.82, 2.24) is 15.2 Å². The highest BCUT2D eigenvalue weighted by molar-refractivity contribution is 6.08. The number of rotatable bonds is 4. The van der Waals surface area contributed by atoms with Crippen LogP contribution < -0.4 is 5.56 Å². The first-order valence-corrected chi connectivity index (χ1v) is 7.41. The van der Waals surface area contributed by atoms with Gasteiger partial charge in [-0.25, -0.2) is 5.10 Å². The molecule has 116 valence electrons. The minimum Gasteiger partial charge on any atom is -0.355 e. The van der Waals surface area contributed by atoms with Crippen molar-refractivity contribution in [3.05, 3.63) is 87.1 Å². The van der Waals surface area contributed by atoms with Gasteiger partial charge in [-0.05, 0) is 24.6 Å². The summed E-state index contributed by atoms with van der Waals surface area (Å²) >= 11 is 0. The zero-order valence-electron chi connectivity index (χ0n) is 13.0. The molecule has 0 aliphatic rings. The van der Waals surface area contributed by atoms with Gasteiger partial charge in [0.25, 0.3) is 5.56 Å². The van der Waals surface area contributed by atoms with E-state index in [9.17, 15) is 9.59 Å². The second kappa shape index (κ2) is 6.04. The number of H-pyrrole nitrogens is 2. The maximum Gasteiger partial charge on any atom is 0.264 e. The molecule has 3 aromatic rings. The molecule has 23 heavy (non-hydrogen) atoms. The molecule has 2 aromatic heterocycles. The summed E-state index contributed by atoms with van der Waals surface area (Å²) in [5.74, 6) is -0.0844. The third-order valence-electron chi connectivity index (χ3n) is 3.91. The van der Waals surface area contributed by atoms with E-state index in [0.29, 0.717) is 11.3 Å². The van der Waals surface area contributed by atoms with Gasteiger partial charge in [-0.3, -0.25) is 9.59 Å². The quantitative estimate of drug-likeness (QED) is 0.727. The van der Waals surface area contributed by atoms with Crippen molar-refractivity contribution in [2.45, 2.75) is 19.8 Å². The van der Waals surface area contributed by atoms with Crippen molar-refractivity contribution in [2.75, 3.05) is 0 Å². The van der Waals surface area contributed by atoms with Crippen molar-refractivity contribution in [3.63, 3.8) is 0 Å². The fourth-order valence-corrected chi connectivity index (χ4v) is 2.54. The number of aromatic nitrogens is 3. The van der Waals surface area contributed by atoms with Crippen LogP contribution in [-0.2, 0) is 0 Å². The van der Waals surface area contributed by atoms with Gasteiger partial charge in [0.1, 0.15) is 0 Å². The minimum absolute atomic E-state index is 0.0315. The molecule has 0 aliphatic carbocycles. The molecule has 2 N–H and O–H groups in total. The number of carbonyl (C=O) groups excluding carboxylic acids is 1. The van der Waals surface area contributed by atoms with Gasteiger partial charge in [0.15, 0.2) is 0 Å². The molecule has 1 unspecified atom stereocenters. The molecule has 1 aromatic carbocycles. The summed E-state index contributed by atoms with van der Waals surface area (Å²) in [6, 6.07) is 14.3. The summed E-state index contributed by atoms with van der Waals surface area (Å²) in [5.41, 5.74) is 3.53. The van der Waals surface area contributed by atoms with Crippen molar-refractivity contribution < 1.29 is 4.79 Å². The van der Waals surface area contributed by atoms with Gasteiger partial charge in [-0.2, -0.15) is 5.10 Å².